The van der Waals surface area contributed by atoms with E-state index in [1.807, 2.05) is 0 Å². The van der Waals surface area contributed by atoms with Crippen LogP contribution in [0, 0.1) is 0 Å². The molecule has 1 fully saturated rings. The minimum Gasteiger partial charge on any atom is -0.396 e. The summed E-state index contributed by atoms with van der Waals surface area (Å²) in [5.74, 6) is -0.153. The van der Waals surface area contributed by atoms with Gasteiger partial charge in [-0.25, -0.2) is 0 Å². The van der Waals surface area contributed by atoms with Crippen molar-refractivity contribution in [3.63, 3.8) is 0 Å². The van der Waals surface area contributed by atoms with Crippen LogP contribution in [0.1, 0.15) is 16.8 Å². The second-order valence-electron chi connectivity index (χ2n) is 4.51. The lowest BCUT2D eigenvalue weighted by atomic mass is 10.1. The molecule has 2 rings (SSSR count). The highest BCUT2D eigenvalue weighted by Gasteiger charge is 2.26. The number of piperazine rings is 1. The fourth-order valence-electron chi connectivity index (χ4n) is 2.22. The molecule has 1 aromatic carbocycles. The molecule has 2 N–H and O–H groups in total. The molecule has 0 spiro atoms. The van der Waals surface area contributed by atoms with Crippen LogP contribution in [0.4, 0.5) is 0 Å². The monoisotopic (exact) mass is 302 g/mol. The highest BCUT2D eigenvalue weighted by molar-refractivity contribution is 6.39. The van der Waals surface area contributed by atoms with Crippen LogP contribution in [-0.4, -0.2) is 48.2 Å². The van der Waals surface area contributed by atoms with E-state index in [0.717, 1.165) is 0 Å². The van der Waals surface area contributed by atoms with E-state index in [0.29, 0.717) is 41.7 Å². The van der Waals surface area contributed by atoms with Crippen molar-refractivity contribution < 1.29 is 9.90 Å². The number of aliphatic hydroxyl groups excluding tert-OH is 1. The topological polar surface area (TPSA) is 52.6 Å². The van der Waals surface area contributed by atoms with Gasteiger partial charge >= 0.3 is 0 Å². The molecule has 0 saturated carbocycles. The molecule has 19 heavy (non-hydrogen) atoms. The van der Waals surface area contributed by atoms with Gasteiger partial charge in [0.05, 0.1) is 15.6 Å². The van der Waals surface area contributed by atoms with Crippen LogP contribution in [0.15, 0.2) is 18.2 Å². The van der Waals surface area contributed by atoms with E-state index in [9.17, 15) is 4.79 Å². The molecule has 1 aromatic rings. The minimum absolute atomic E-state index is 0.104. The molecule has 0 bridgehead atoms. The molecule has 1 saturated heterocycles. The van der Waals surface area contributed by atoms with E-state index in [1.165, 1.54) is 0 Å². The Balaban J connectivity index is 2.15. The van der Waals surface area contributed by atoms with Crippen molar-refractivity contribution in [2.24, 2.45) is 0 Å². The van der Waals surface area contributed by atoms with Crippen molar-refractivity contribution in [2.45, 2.75) is 12.5 Å². The summed E-state index contributed by atoms with van der Waals surface area (Å²) in [6.45, 7) is 1.98. The maximum absolute atomic E-state index is 12.5. The van der Waals surface area contributed by atoms with Gasteiger partial charge in [0.2, 0.25) is 0 Å². The van der Waals surface area contributed by atoms with Gasteiger partial charge in [0.15, 0.2) is 0 Å². The SMILES string of the molecule is O=C(c1c(Cl)cccc1Cl)N1CCNC(CCO)C1. The number of nitrogens with one attached hydrogen (secondary N) is 1. The van der Waals surface area contributed by atoms with Gasteiger partial charge in [-0.2, -0.15) is 0 Å². The number of benzene rings is 1. The average Bonchev–Trinajstić information content (AvgIpc) is 2.39. The van der Waals surface area contributed by atoms with Crippen LogP contribution >= 0.6 is 23.2 Å². The molecule has 1 aliphatic rings. The molecule has 1 unspecified atom stereocenters. The maximum Gasteiger partial charge on any atom is 0.256 e. The van der Waals surface area contributed by atoms with E-state index in [1.54, 1.807) is 23.1 Å². The van der Waals surface area contributed by atoms with Crippen LogP contribution in [0.5, 0.6) is 0 Å². The summed E-state index contributed by atoms with van der Waals surface area (Å²) < 4.78 is 0. The van der Waals surface area contributed by atoms with Crippen LogP contribution in [0.25, 0.3) is 0 Å². The van der Waals surface area contributed by atoms with Crippen LogP contribution in [-0.2, 0) is 0 Å². The van der Waals surface area contributed by atoms with E-state index >= 15 is 0 Å². The Hall–Kier alpha value is -0.810. The van der Waals surface area contributed by atoms with Gasteiger partial charge in [0.1, 0.15) is 0 Å². The first-order valence-corrected chi connectivity index (χ1v) is 6.96. The third-order valence-corrected chi connectivity index (χ3v) is 3.83. The second kappa shape index (κ2) is 6.57. The van der Waals surface area contributed by atoms with E-state index in [4.69, 9.17) is 28.3 Å². The number of rotatable bonds is 3. The summed E-state index contributed by atoms with van der Waals surface area (Å²) in [5, 5.41) is 13.0. The van der Waals surface area contributed by atoms with Crippen molar-refractivity contribution in [3.8, 4) is 0 Å². The van der Waals surface area contributed by atoms with Gasteiger partial charge in [-0.05, 0) is 18.6 Å². The first-order valence-electron chi connectivity index (χ1n) is 6.21. The number of halogens is 2. The number of hydrogen-bond acceptors (Lipinski definition) is 3. The summed E-state index contributed by atoms with van der Waals surface area (Å²) in [5.41, 5.74) is 0.357. The predicted octanol–water partition coefficient (Wildman–Crippen LogP) is 1.79. The Morgan fingerprint density at radius 2 is 2.11 bits per heavy atom. The maximum atomic E-state index is 12.5. The number of amides is 1. The van der Waals surface area contributed by atoms with Gasteiger partial charge in [0.25, 0.3) is 5.91 Å². The molecule has 1 amide bonds. The third-order valence-electron chi connectivity index (χ3n) is 3.20. The van der Waals surface area contributed by atoms with Crippen molar-refractivity contribution >= 4 is 29.1 Å². The van der Waals surface area contributed by atoms with Gasteiger partial charge < -0.3 is 15.3 Å². The molecule has 1 atom stereocenters. The Morgan fingerprint density at radius 3 is 2.74 bits per heavy atom. The summed E-state index contributed by atoms with van der Waals surface area (Å²) >= 11 is 12.1. The zero-order chi connectivity index (χ0) is 13.8. The molecule has 104 valence electrons. The van der Waals surface area contributed by atoms with Gasteiger partial charge in [-0.3, -0.25) is 4.79 Å². The summed E-state index contributed by atoms with van der Waals surface area (Å²) in [6, 6.07) is 5.15. The third kappa shape index (κ3) is 3.39. The number of carbonyl (C=O) groups excluding carboxylic acids is 1. The number of carbonyl (C=O) groups is 1. The summed E-state index contributed by atoms with van der Waals surface area (Å²) in [4.78, 5) is 14.2. The van der Waals surface area contributed by atoms with Gasteiger partial charge in [0, 0.05) is 32.3 Å². The predicted molar refractivity (Wildman–Crippen MR) is 75.9 cm³/mol. The van der Waals surface area contributed by atoms with Crippen LogP contribution in [0.2, 0.25) is 10.0 Å². The van der Waals surface area contributed by atoms with Crippen molar-refractivity contribution in [1.82, 2.24) is 10.2 Å². The lowest BCUT2D eigenvalue weighted by Gasteiger charge is -2.33. The van der Waals surface area contributed by atoms with Gasteiger partial charge in [-0.1, -0.05) is 29.3 Å². The quantitative estimate of drug-likeness (QED) is 0.895. The highest BCUT2D eigenvalue weighted by Crippen LogP contribution is 2.26. The molecule has 0 aromatic heterocycles. The number of aliphatic hydroxyl groups is 1. The average molecular weight is 303 g/mol. The normalized spacial score (nSPS) is 19.5. The summed E-state index contributed by atoms with van der Waals surface area (Å²) in [7, 11) is 0. The molecule has 0 aliphatic carbocycles. The number of nitrogens with zero attached hydrogens (tertiary/aromatic N) is 1. The first kappa shape index (κ1) is 14.6. The lowest BCUT2D eigenvalue weighted by Crippen LogP contribution is -2.52. The largest absolute Gasteiger partial charge is 0.396 e. The van der Waals surface area contributed by atoms with Crippen molar-refractivity contribution in [2.75, 3.05) is 26.2 Å². The van der Waals surface area contributed by atoms with Crippen LogP contribution in [0.3, 0.4) is 0 Å². The minimum atomic E-state index is -0.153. The molecular weight excluding hydrogens is 287 g/mol. The Labute approximate surface area is 122 Å². The molecular formula is C13H16Cl2N2O2. The summed E-state index contributed by atoms with van der Waals surface area (Å²) in [6.07, 6.45) is 0.625. The zero-order valence-electron chi connectivity index (χ0n) is 10.4. The van der Waals surface area contributed by atoms with E-state index in [-0.39, 0.29) is 18.6 Å². The molecule has 6 heteroatoms. The fourth-order valence-corrected chi connectivity index (χ4v) is 2.78. The van der Waals surface area contributed by atoms with E-state index in [2.05, 4.69) is 5.32 Å². The fraction of sp³-hybridized carbons (Fsp3) is 0.462. The Morgan fingerprint density at radius 1 is 1.42 bits per heavy atom. The zero-order valence-corrected chi connectivity index (χ0v) is 11.9. The molecule has 1 heterocycles. The Bertz CT molecular complexity index is 446. The lowest BCUT2D eigenvalue weighted by molar-refractivity contribution is 0.0691. The second-order valence-corrected chi connectivity index (χ2v) is 5.33. The standard InChI is InChI=1S/C13H16Cl2N2O2/c14-10-2-1-3-11(15)12(10)13(19)17-6-5-16-9(8-17)4-7-18/h1-3,9,16,18H,4-8H2. The van der Waals surface area contributed by atoms with Crippen molar-refractivity contribution in [3.05, 3.63) is 33.8 Å². The highest BCUT2D eigenvalue weighted by atomic mass is 35.5. The molecule has 1 aliphatic heterocycles. The van der Waals surface area contributed by atoms with Gasteiger partial charge in [-0.15, -0.1) is 0 Å². The Kier molecular flexibility index (Phi) is 5.05. The first-order chi connectivity index (χ1) is 9.13. The van der Waals surface area contributed by atoms with Crippen molar-refractivity contribution in [1.29, 1.82) is 0 Å². The number of hydrogen-bond donors (Lipinski definition) is 2. The molecule has 4 nitrogen and oxygen atoms in total. The van der Waals surface area contributed by atoms with E-state index < -0.39 is 0 Å². The smallest absolute Gasteiger partial charge is 0.256 e. The molecule has 0 radical (unpaired) electrons. The van der Waals surface area contributed by atoms with Crippen LogP contribution < -0.4 is 5.32 Å².